The van der Waals surface area contributed by atoms with E-state index >= 15 is 0 Å². The maximum absolute atomic E-state index is 12.2. The third-order valence-electron chi connectivity index (χ3n) is 3.94. The van der Waals surface area contributed by atoms with Crippen LogP contribution in [0.15, 0.2) is 30.3 Å². The van der Waals surface area contributed by atoms with Crippen LogP contribution < -0.4 is 0 Å². The normalized spacial score (nSPS) is 21.5. The average Bonchev–Trinajstić information content (AvgIpc) is 2.89. The molecule has 0 aromatic heterocycles. The van der Waals surface area contributed by atoms with Crippen molar-refractivity contribution in [3.8, 4) is 0 Å². The Hall–Kier alpha value is -1.59. The van der Waals surface area contributed by atoms with Crippen LogP contribution in [0.25, 0.3) is 0 Å². The maximum Gasteiger partial charge on any atom is 0.410 e. The summed E-state index contributed by atoms with van der Waals surface area (Å²) in [7, 11) is 0. The number of ether oxygens (including phenoxy) is 2. The van der Waals surface area contributed by atoms with Crippen molar-refractivity contribution in [2.75, 3.05) is 19.8 Å². The lowest BCUT2D eigenvalue weighted by molar-refractivity contribution is 0.00787. The van der Waals surface area contributed by atoms with Crippen LogP contribution in [0.5, 0.6) is 0 Å². The molecule has 2 atom stereocenters. The molecule has 1 aliphatic rings. The van der Waals surface area contributed by atoms with Gasteiger partial charge in [0.2, 0.25) is 0 Å². The van der Waals surface area contributed by atoms with Crippen LogP contribution in [-0.2, 0) is 16.1 Å². The van der Waals surface area contributed by atoms with E-state index in [4.69, 9.17) is 9.47 Å². The van der Waals surface area contributed by atoms with Crippen molar-refractivity contribution in [2.45, 2.75) is 45.4 Å². The Morgan fingerprint density at radius 3 is 2.61 bits per heavy atom. The summed E-state index contributed by atoms with van der Waals surface area (Å²) < 4.78 is 11.2. The van der Waals surface area contributed by atoms with E-state index in [0.29, 0.717) is 19.8 Å². The second-order valence-electron chi connectivity index (χ2n) is 6.97. The summed E-state index contributed by atoms with van der Waals surface area (Å²) in [6.45, 7) is 7.12. The number of hydrogen-bond donors (Lipinski definition) is 1. The van der Waals surface area contributed by atoms with Crippen molar-refractivity contribution in [1.29, 1.82) is 0 Å². The Kier molecular flexibility index (Phi) is 6.02. The lowest BCUT2D eigenvalue weighted by Gasteiger charge is -2.29. The fourth-order valence-electron chi connectivity index (χ4n) is 2.81. The Balaban J connectivity index is 1.85. The van der Waals surface area contributed by atoms with Crippen LogP contribution in [0.4, 0.5) is 4.79 Å². The highest BCUT2D eigenvalue weighted by Crippen LogP contribution is 2.26. The Bertz CT molecular complexity index is 497. The summed E-state index contributed by atoms with van der Waals surface area (Å²) >= 11 is 0. The predicted molar refractivity (Wildman–Crippen MR) is 88.0 cm³/mol. The van der Waals surface area contributed by atoms with E-state index in [1.165, 1.54) is 0 Å². The minimum Gasteiger partial charge on any atom is -0.444 e. The van der Waals surface area contributed by atoms with Gasteiger partial charge < -0.3 is 19.5 Å². The van der Waals surface area contributed by atoms with Crippen molar-refractivity contribution in [3.05, 3.63) is 35.9 Å². The Morgan fingerprint density at radius 2 is 2.00 bits per heavy atom. The maximum atomic E-state index is 12.2. The molecule has 1 saturated heterocycles. The zero-order valence-corrected chi connectivity index (χ0v) is 14.2. The van der Waals surface area contributed by atoms with Gasteiger partial charge in [-0.3, -0.25) is 0 Å². The average molecular weight is 321 g/mol. The molecule has 0 aliphatic carbocycles. The van der Waals surface area contributed by atoms with E-state index < -0.39 is 5.60 Å². The number of carbonyl (C=O) groups is 1. The molecule has 1 aliphatic heterocycles. The molecule has 23 heavy (non-hydrogen) atoms. The predicted octanol–water partition coefficient (Wildman–Crippen LogP) is 2.82. The second-order valence-corrected chi connectivity index (χ2v) is 6.97. The summed E-state index contributed by atoms with van der Waals surface area (Å²) in [6.07, 6.45) is 0.460. The molecular formula is C18H27NO4. The number of benzene rings is 1. The molecule has 1 aromatic carbocycles. The van der Waals surface area contributed by atoms with Crippen molar-refractivity contribution >= 4 is 6.09 Å². The van der Waals surface area contributed by atoms with Crippen LogP contribution >= 0.6 is 0 Å². The number of hydrogen-bond acceptors (Lipinski definition) is 4. The number of rotatable bonds is 5. The van der Waals surface area contributed by atoms with Crippen molar-refractivity contribution in [3.63, 3.8) is 0 Å². The van der Waals surface area contributed by atoms with Gasteiger partial charge in [-0.15, -0.1) is 0 Å². The lowest BCUT2D eigenvalue weighted by Crippen LogP contribution is -2.43. The highest BCUT2D eigenvalue weighted by molar-refractivity contribution is 5.69. The van der Waals surface area contributed by atoms with Gasteiger partial charge in [-0.2, -0.15) is 0 Å². The molecule has 1 amide bonds. The Labute approximate surface area is 138 Å². The molecule has 0 unspecified atom stereocenters. The van der Waals surface area contributed by atoms with Gasteiger partial charge in [0.15, 0.2) is 0 Å². The summed E-state index contributed by atoms with van der Waals surface area (Å²) in [6, 6.07) is 9.74. The molecule has 5 heteroatoms. The first-order chi connectivity index (χ1) is 10.9. The SMILES string of the molecule is CC(C)(C)OC(=O)N1CC[C@H](COCc2ccccc2)[C@H]1CO. The minimum atomic E-state index is -0.529. The van der Waals surface area contributed by atoms with E-state index in [2.05, 4.69) is 0 Å². The second kappa shape index (κ2) is 7.79. The smallest absolute Gasteiger partial charge is 0.410 e. The number of nitrogens with zero attached hydrogens (tertiary/aromatic N) is 1. The van der Waals surface area contributed by atoms with E-state index in [1.807, 2.05) is 51.1 Å². The molecule has 0 bridgehead atoms. The van der Waals surface area contributed by atoms with Crippen LogP contribution in [0.1, 0.15) is 32.8 Å². The fraction of sp³-hybridized carbons (Fsp3) is 0.611. The summed E-state index contributed by atoms with van der Waals surface area (Å²) in [5.41, 5.74) is 0.592. The molecule has 0 spiro atoms. The molecule has 2 rings (SSSR count). The summed E-state index contributed by atoms with van der Waals surface area (Å²) in [4.78, 5) is 13.8. The largest absolute Gasteiger partial charge is 0.444 e. The Morgan fingerprint density at radius 1 is 1.30 bits per heavy atom. The molecule has 5 nitrogen and oxygen atoms in total. The topological polar surface area (TPSA) is 59.0 Å². The van der Waals surface area contributed by atoms with Crippen molar-refractivity contribution < 1.29 is 19.4 Å². The van der Waals surface area contributed by atoms with Crippen molar-refractivity contribution in [2.24, 2.45) is 5.92 Å². The van der Waals surface area contributed by atoms with Gasteiger partial charge in [0.1, 0.15) is 5.60 Å². The zero-order valence-electron chi connectivity index (χ0n) is 14.2. The summed E-state index contributed by atoms with van der Waals surface area (Å²) in [5, 5.41) is 9.67. The monoisotopic (exact) mass is 321 g/mol. The first-order valence-corrected chi connectivity index (χ1v) is 8.13. The van der Waals surface area contributed by atoms with E-state index in [1.54, 1.807) is 4.90 Å². The minimum absolute atomic E-state index is 0.0708. The number of carbonyl (C=O) groups excluding carboxylic acids is 1. The number of aliphatic hydroxyl groups excluding tert-OH is 1. The third-order valence-corrected chi connectivity index (χ3v) is 3.94. The first-order valence-electron chi connectivity index (χ1n) is 8.13. The van der Waals surface area contributed by atoms with Gasteiger partial charge >= 0.3 is 6.09 Å². The standard InChI is InChI=1S/C18H27NO4/c1-18(2,3)23-17(21)19-10-9-15(16(19)11-20)13-22-12-14-7-5-4-6-8-14/h4-8,15-16,20H,9-13H2,1-3H3/t15-,16-/m1/s1. The fourth-order valence-corrected chi connectivity index (χ4v) is 2.81. The van der Waals surface area contributed by atoms with E-state index in [0.717, 1.165) is 12.0 Å². The van der Waals surface area contributed by atoms with Crippen LogP contribution in [0, 0.1) is 5.92 Å². The lowest BCUT2D eigenvalue weighted by atomic mass is 10.0. The third kappa shape index (κ3) is 5.22. The quantitative estimate of drug-likeness (QED) is 0.906. The molecule has 128 valence electrons. The van der Waals surface area contributed by atoms with Gasteiger partial charge in [-0.1, -0.05) is 30.3 Å². The molecule has 1 heterocycles. The molecule has 0 saturated carbocycles. The highest BCUT2D eigenvalue weighted by Gasteiger charge is 2.38. The van der Waals surface area contributed by atoms with Gasteiger partial charge in [0.25, 0.3) is 0 Å². The number of likely N-dealkylation sites (tertiary alicyclic amines) is 1. The highest BCUT2D eigenvalue weighted by atomic mass is 16.6. The van der Waals surface area contributed by atoms with Gasteiger partial charge in [-0.25, -0.2) is 4.79 Å². The zero-order chi connectivity index (χ0) is 16.9. The summed E-state index contributed by atoms with van der Waals surface area (Å²) in [5.74, 6) is 0.135. The van der Waals surface area contributed by atoms with Crippen molar-refractivity contribution in [1.82, 2.24) is 4.90 Å². The van der Waals surface area contributed by atoms with Gasteiger partial charge in [0, 0.05) is 12.5 Å². The van der Waals surface area contributed by atoms with Crippen LogP contribution in [-0.4, -0.2) is 47.5 Å². The first kappa shape index (κ1) is 17.8. The molecule has 1 N–H and O–H groups in total. The number of amides is 1. The van der Waals surface area contributed by atoms with E-state index in [-0.39, 0.29) is 24.7 Å². The van der Waals surface area contributed by atoms with Gasteiger partial charge in [-0.05, 0) is 32.8 Å². The number of aliphatic hydroxyl groups is 1. The molecular weight excluding hydrogens is 294 g/mol. The molecule has 1 fully saturated rings. The van der Waals surface area contributed by atoms with Crippen LogP contribution in [0.2, 0.25) is 0 Å². The van der Waals surface area contributed by atoms with Gasteiger partial charge in [0.05, 0.1) is 25.9 Å². The molecule has 1 aromatic rings. The molecule has 0 radical (unpaired) electrons. The van der Waals surface area contributed by atoms with E-state index in [9.17, 15) is 9.90 Å². The van der Waals surface area contributed by atoms with Crippen LogP contribution in [0.3, 0.4) is 0 Å².